The zero-order valence-electron chi connectivity index (χ0n) is 15.5. The fraction of sp³-hybridized carbons (Fsp3) is 0.0952. The number of rotatable bonds is 3. The van der Waals surface area contributed by atoms with Crippen molar-refractivity contribution < 1.29 is 4.92 Å². The van der Waals surface area contributed by atoms with Gasteiger partial charge in [-0.15, -0.1) is 11.3 Å². The summed E-state index contributed by atoms with van der Waals surface area (Å²) in [4.78, 5) is 24.0. The van der Waals surface area contributed by atoms with Crippen LogP contribution in [0.4, 0.5) is 5.69 Å². The molecule has 0 saturated carbocycles. The first-order chi connectivity index (χ1) is 13.9. The summed E-state index contributed by atoms with van der Waals surface area (Å²) < 4.78 is 1.71. The van der Waals surface area contributed by atoms with E-state index < -0.39 is 10.5 Å². The molecule has 0 fully saturated rings. The van der Waals surface area contributed by atoms with Crippen LogP contribution in [0.25, 0.3) is 17.3 Å². The Morgan fingerprint density at radius 3 is 2.52 bits per heavy atom. The topological polar surface area (TPSA) is 113 Å². The average Bonchev–Trinajstić information content (AvgIpc) is 3.01. The standard InChI is InChI=1S/C21H14N4O3S/c1-13-7-8-14(2)18(9-13)24-20(26)19(29-21(24)16(11-22)12-23)10-15-5-3-4-6-17(15)25(27)28/h3-10H,1-2H3/b19-10+. The fourth-order valence-corrected chi connectivity index (χ4v) is 3.91. The lowest BCUT2D eigenvalue weighted by Crippen LogP contribution is -2.31. The lowest BCUT2D eigenvalue weighted by molar-refractivity contribution is -0.385. The molecule has 29 heavy (non-hydrogen) atoms. The Hall–Kier alpha value is -4.01. The van der Waals surface area contributed by atoms with Gasteiger partial charge in [0.1, 0.15) is 16.8 Å². The third kappa shape index (κ3) is 3.70. The number of hydrogen-bond acceptors (Lipinski definition) is 6. The number of nitro groups is 1. The third-order valence-electron chi connectivity index (χ3n) is 4.29. The second kappa shape index (κ2) is 7.93. The summed E-state index contributed by atoms with van der Waals surface area (Å²) in [5.41, 5.74) is 1.76. The molecular weight excluding hydrogens is 388 g/mol. The second-order valence-corrected chi connectivity index (χ2v) is 7.29. The number of nitriles is 2. The fourth-order valence-electron chi connectivity index (χ4n) is 2.87. The minimum atomic E-state index is -0.522. The van der Waals surface area contributed by atoms with Crippen LogP contribution in [0.15, 0.2) is 47.3 Å². The second-order valence-electron chi connectivity index (χ2n) is 6.26. The van der Waals surface area contributed by atoms with Gasteiger partial charge >= 0.3 is 0 Å². The quantitative estimate of drug-likeness (QED) is 0.493. The van der Waals surface area contributed by atoms with Gasteiger partial charge in [-0.3, -0.25) is 19.5 Å². The summed E-state index contributed by atoms with van der Waals surface area (Å²) in [6.07, 6.45) is 1.42. The van der Waals surface area contributed by atoms with Crippen molar-refractivity contribution in [3.8, 4) is 17.8 Å². The molecule has 0 aliphatic rings. The van der Waals surface area contributed by atoms with Crippen molar-refractivity contribution in [2.24, 2.45) is 0 Å². The highest BCUT2D eigenvalue weighted by atomic mass is 32.1. The van der Waals surface area contributed by atoms with E-state index in [1.165, 1.54) is 16.7 Å². The number of hydrogen-bond donors (Lipinski definition) is 0. The van der Waals surface area contributed by atoms with Gasteiger partial charge in [-0.05, 0) is 43.2 Å². The monoisotopic (exact) mass is 402 g/mol. The molecule has 0 amide bonds. The number of aryl methyl sites for hydroxylation is 2. The van der Waals surface area contributed by atoms with Crippen molar-refractivity contribution in [2.75, 3.05) is 0 Å². The molecule has 3 aromatic rings. The molecule has 0 saturated heterocycles. The van der Waals surface area contributed by atoms with Crippen molar-refractivity contribution in [1.29, 1.82) is 10.5 Å². The molecule has 0 radical (unpaired) electrons. The largest absolute Gasteiger partial charge is 0.276 e. The number of nitro benzene ring substituents is 1. The summed E-state index contributed by atoms with van der Waals surface area (Å²) in [6.45, 7) is 3.70. The van der Waals surface area contributed by atoms with Crippen molar-refractivity contribution in [3.63, 3.8) is 0 Å². The molecule has 1 aromatic heterocycles. The van der Waals surface area contributed by atoms with Crippen LogP contribution in [-0.4, -0.2) is 9.49 Å². The molecular formula is C21H14N4O3S. The van der Waals surface area contributed by atoms with E-state index in [1.807, 2.05) is 38.1 Å². The van der Waals surface area contributed by atoms with Gasteiger partial charge in [-0.2, -0.15) is 10.5 Å². The average molecular weight is 402 g/mol. The molecule has 2 aromatic carbocycles. The molecule has 0 aliphatic carbocycles. The lowest BCUT2D eigenvalue weighted by Gasteiger charge is -2.07. The summed E-state index contributed by atoms with van der Waals surface area (Å²) >= 11 is 0.958. The number of para-hydroxylation sites is 1. The molecule has 0 N–H and O–H groups in total. The Labute approximate surface area is 169 Å². The van der Waals surface area contributed by atoms with Gasteiger partial charge < -0.3 is 0 Å². The number of aromatic nitrogens is 1. The van der Waals surface area contributed by atoms with E-state index in [-0.39, 0.29) is 26.0 Å². The Morgan fingerprint density at radius 2 is 1.86 bits per heavy atom. The van der Waals surface area contributed by atoms with Crippen LogP contribution < -0.4 is 14.8 Å². The molecule has 0 atom stereocenters. The van der Waals surface area contributed by atoms with E-state index in [0.29, 0.717) is 5.69 Å². The third-order valence-corrected chi connectivity index (χ3v) is 5.38. The zero-order valence-corrected chi connectivity index (χ0v) is 16.4. The van der Waals surface area contributed by atoms with Gasteiger partial charge in [0.15, 0.2) is 5.57 Å². The van der Waals surface area contributed by atoms with E-state index in [2.05, 4.69) is 0 Å². The summed E-state index contributed by atoms with van der Waals surface area (Å²) in [5.74, 6) is 0. The van der Waals surface area contributed by atoms with Crippen molar-refractivity contribution in [2.45, 2.75) is 13.8 Å². The minimum absolute atomic E-state index is 0.134. The van der Waals surface area contributed by atoms with E-state index >= 15 is 0 Å². The normalized spacial score (nSPS) is 11.0. The summed E-state index contributed by atoms with van der Waals surface area (Å²) in [7, 11) is 0. The van der Waals surface area contributed by atoms with Crippen molar-refractivity contribution in [1.82, 2.24) is 4.57 Å². The first-order valence-electron chi connectivity index (χ1n) is 8.46. The highest BCUT2D eigenvalue weighted by Gasteiger charge is 2.15. The molecule has 1 heterocycles. The first-order valence-corrected chi connectivity index (χ1v) is 9.28. The molecule has 3 rings (SSSR count). The van der Waals surface area contributed by atoms with Gasteiger partial charge in [0.25, 0.3) is 11.2 Å². The highest BCUT2D eigenvalue weighted by molar-refractivity contribution is 7.07. The van der Waals surface area contributed by atoms with Gasteiger partial charge in [-0.1, -0.05) is 24.3 Å². The maximum absolute atomic E-state index is 13.2. The molecule has 7 nitrogen and oxygen atoms in total. The SMILES string of the molecule is Cc1ccc(C)c(-n2c(=C(C#N)C#N)s/c(=C/c3ccccc3[N+](=O)[O-])c2=O)c1. The lowest BCUT2D eigenvalue weighted by atomic mass is 10.1. The zero-order chi connectivity index (χ0) is 21.1. The Bertz CT molecular complexity index is 1390. The maximum atomic E-state index is 13.2. The summed E-state index contributed by atoms with van der Waals surface area (Å²) in [6, 6.07) is 15.3. The number of nitrogens with zero attached hydrogens (tertiary/aromatic N) is 4. The molecule has 142 valence electrons. The van der Waals surface area contributed by atoms with Crippen LogP contribution in [0.5, 0.6) is 0 Å². The number of benzene rings is 2. The van der Waals surface area contributed by atoms with Crippen LogP contribution >= 0.6 is 11.3 Å². The Morgan fingerprint density at radius 1 is 1.17 bits per heavy atom. The Kier molecular flexibility index (Phi) is 5.40. The smallest absolute Gasteiger partial charge is 0.267 e. The van der Waals surface area contributed by atoms with Gasteiger partial charge in [0, 0.05) is 6.07 Å². The van der Waals surface area contributed by atoms with Crippen LogP contribution in [0.2, 0.25) is 0 Å². The first kappa shape index (κ1) is 19.7. The maximum Gasteiger partial charge on any atom is 0.276 e. The predicted molar refractivity (Wildman–Crippen MR) is 110 cm³/mol. The molecule has 0 unspecified atom stereocenters. The van der Waals surface area contributed by atoms with E-state index in [4.69, 9.17) is 0 Å². The van der Waals surface area contributed by atoms with E-state index in [1.54, 1.807) is 24.3 Å². The van der Waals surface area contributed by atoms with Crippen LogP contribution in [-0.2, 0) is 0 Å². The van der Waals surface area contributed by atoms with Crippen LogP contribution in [0.3, 0.4) is 0 Å². The highest BCUT2D eigenvalue weighted by Crippen LogP contribution is 2.18. The Balaban J connectivity index is 2.47. The van der Waals surface area contributed by atoms with Gasteiger partial charge in [0.05, 0.1) is 20.7 Å². The number of thiazole rings is 1. The van der Waals surface area contributed by atoms with Gasteiger partial charge in [0.2, 0.25) is 0 Å². The van der Waals surface area contributed by atoms with Gasteiger partial charge in [-0.25, -0.2) is 0 Å². The van der Waals surface area contributed by atoms with Crippen LogP contribution in [0, 0.1) is 46.6 Å². The van der Waals surface area contributed by atoms with E-state index in [9.17, 15) is 25.4 Å². The molecule has 0 bridgehead atoms. The van der Waals surface area contributed by atoms with Crippen molar-refractivity contribution in [3.05, 3.63) is 88.8 Å². The molecule has 0 aliphatic heterocycles. The molecule has 0 spiro atoms. The predicted octanol–water partition coefficient (Wildman–Crippen LogP) is 2.45. The molecule has 8 heteroatoms. The van der Waals surface area contributed by atoms with E-state index in [0.717, 1.165) is 22.5 Å². The minimum Gasteiger partial charge on any atom is -0.267 e. The van der Waals surface area contributed by atoms with Crippen LogP contribution in [0.1, 0.15) is 16.7 Å². The van der Waals surface area contributed by atoms with Crippen molar-refractivity contribution >= 4 is 28.7 Å². The summed E-state index contributed by atoms with van der Waals surface area (Å²) in [5, 5.41) is 30.0.